The molecule has 0 amide bonds. The Morgan fingerprint density at radius 1 is 0.738 bits per heavy atom. The summed E-state index contributed by atoms with van der Waals surface area (Å²) in [5.41, 5.74) is -2.21. The topological polar surface area (TPSA) is 18.5 Å². The van der Waals surface area contributed by atoms with Crippen molar-refractivity contribution in [2.75, 3.05) is 0 Å². The first-order valence-corrected chi connectivity index (χ1v) is 13.7. The summed E-state index contributed by atoms with van der Waals surface area (Å²) in [6.07, 6.45) is -2.30. The van der Waals surface area contributed by atoms with Crippen LogP contribution in [-0.4, -0.2) is 6.36 Å². The molecule has 0 spiro atoms. The molecule has 0 bridgehead atoms. The fourth-order valence-electron chi connectivity index (χ4n) is 5.49. The Bertz CT molecular complexity index is 1330. The number of para-hydroxylation sites is 1. The van der Waals surface area contributed by atoms with Crippen molar-refractivity contribution < 1.29 is 49.0 Å². The fraction of sp³-hybridized carbons (Fsp3) is 0.419. The number of rotatable bonds is 10. The van der Waals surface area contributed by atoms with E-state index in [0.29, 0.717) is 30.9 Å². The standard InChI is InChI=1S/C31H29F9O2/c1-2-3-4-7-18-10-12-19(13-11-18)20-14-23(32)28(24(33)15-20)30(36,37)41-27-9-6-5-8-22(27)21-16-25(34)29(26(35)17-21)42-31(38,39)40/h5-6,8-9,14-19H,2-4,7,10-13H2,1H3. The van der Waals surface area contributed by atoms with Crippen LogP contribution in [0.5, 0.6) is 11.5 Å². The molecule has 1 fully saturated rings. The molecule has 0 radical (unpaired) electrons. The molecule has 42 heavy (non-hydrogen) atoms. The van der Waals surface area contributed by atoms with Gasteiger partial charge in [0, 0.05) is 5.56 Å². The summed E-state index contributed by atoms with van der Waals surface area (Å²) >= 11 is 0. The molecule has 0 aliphatic heterocycles. The zero-order valence-electron chi connectivity index (χ0n) is 22.6. The van der Waals surface area contributed by atoms with Gasteiger partial charge >= 0.3 is 12.5 Å². The van der Waals surface area contributed by atoms with Crippen LogP contribution in [0, 0.1) is 29.2 Å². The SMILES string of the molecule is CCCCCC1CCC(c2cc(F)c(C(F)(F)Oc3ccccc3-c3cc(F)c(OC(F)(F)F)c(F)c3)c(F)c2)CC1. The van der Waals surface area contributed by atoms with E-state index in [-0.39, 0.29) is 17.0 Å². The average molecular weight is 605 g/mol. The Labute approximate surface area is 237 Å². The highest BCUT2D eigenvalue weighted by molar-refractivity contribution is 5.71. The summed E-state index contributed by atoms with van der Waals surface area (Å²) in [5, 5.41) is 0. The van der Waals surface area contributed by atoms with Gasteiger partial charge in [-0.2, -0.15) is 8.78 Å². The van der Waals surface area contributed by atoms with Gasteiger partial charge in [-0.1, -0.05) is 50.8 Å². The van der Waals surface area contributed by atoms with Crippen LogP contribution in [0.2, 0.25) is 0 Å². The van der Waals surface area contributed by atoms with E-state index in [1.165, 1.54) is 12.1 Å². The van der Waals surface area contributed by atoms with Crippen LogP contribution in [0.15, 0.2) is 48.5 Å². The maximum absolute atomic E-state index is 15.2. The zero-order chi connectivity index (χ0) is 30.7. The largest absolute Gasteiger partial charge is 0.573 e. The maximum atomic E-state index is 15.2. The van der Waals surface area contributed by atoms with E-state index in [0.717, 1.165) is 62.8 Å². The lowest BCUT2D eigenvalue weighted by Crippen LogP contribution is -2.26. The van der Waals surface area contributed by atoms with Crippen LogP contribution >= 0.6 is 0 Å². The molecule has 0 unspecified atom stereocenters. The summed E-state index contributed by atoms with van der Waals surface area (Å²) < 4.78 is 135. The highest BCUT2D eigenvalue weighted by Gasteiger charge is 2.42. The highest BCUT2D eigenvalue weighted by atomic mass is 19.4. The molecule has 3 aromatic carbocycles. The van der Waals surface area contributed by atoms with Crippen molar-refractivity contribution in [3.8, 4) is 22.6 Å². The Morgan fingerprint density at radius 2 is 1.33 bits per heavy atom. The third-order valence-electron chi connectivity index (χ3n) is 7.54. The Hall–Kier alpha value is -3.37. The highest BCUT2D eigenvalue weighted by Crippen LogP contribution is 2.43. The molecule has 0 atom stereocenters. The number of hydrogen-bond donors (Lipinski definition) is 0. The maximum Gasteiger partial charge on any atom is 0.573 e. The molecule has 1 aliphatic rings. The van der Waals surface area contributed by atoms with Crippen LogP contribution in [0.1, 0.15) is 75.3 Å². The summed E-state index contributed by atoms with van der Waals surface area (Å²) in [6, 6.07) is 7.18. The quantitative estimate of drug-likeness (QED) is 0.169. The van der Waals surface area contributed by atoms with Gasteiger partial charge in [-0.15, -0.1) is 13.2 Å². The summed E-state index contributed by atoms with van der Waals surface area (Å²) in [7, 11) is 0. The van der Waals surface area contributed by atoms with E-state index in [1.54, 1.807) is 0 Å². The molecule has 0 heterocycles. The number of unbranched alkanes of at least 4 members (excludes halogenated alkanes) is 2. The molecule has 1 aliphatic carbocycles. The van der Waals surface area contributed by atoms with Gasteiger partial charge in [0.25, 0.3) is 0 Å². The molecule has 11 heteroatoms. The molecule has 3 aromatic rings. The third-order valence-corrected chi connectivity index (χ3v) is 7.54. The fourth-order valence-corrected chi connectivity index (χ4v) is 5.49. The average Bonchev–Trinajstić information content (AvgIpc) is 2.90. The molecular formula is C31H29F9O2. The van der Waals surface area contributed by atoms with E-state index in [9.17, 15) is 22.0 Å². The lowest BCUT2D eigenvalue weighted by Gasteiger charge is -2.29. The van der Waals surface area contributed by atoms with Gasteiger partial charge in [-0.25, -0.2) is 17.6 Å². The minimum Gasteiger partial charge on any atom is -0.428 e. The van der Waals surface area contributed by atoms with Gasteiger partial charge < -0.3 is 9.47 Å². The minimum absolute atomic E-state index is 0.171. The smallest absolute Gasteiger partial charge is 0.428 e. The number of halogens is 9. The van der Waals surface area contributed by atoms with Crippen molar-refractivity contribution in [1.29, 1.82) is 0 Å². The molecule has 0 aromatic heterocycles. The van der Waals surface area contributed by atoms with E-state index in [4.69, 9.17) is 4.74 Å². The zero-order valence-corrected chi connectivity index (χ0v) is 22.6. The first kappa shape index (κ1) is 31.6. The van der Waals surface area contributed by atoms with Gasteiger partial charge in [0.2, 0.25) is 5.75 Å². The summed E-state index contributed by atoms with van der Waals surface area (Å²) in [4.78, 5) is 0. The van der Waals surface area contributed by atoms with Crippen molar-refractivity contribution in [2.24, 2.45) is 5.92 Å². The number of hydrogen-bond acceptors (Lipinski definition) is 2. The van der Waals surface area contributed by atoms with Crippen LogP contribution in [0.25, 0.3) is 11.1 Å². The molecule has 1 saturated carbocycles. The van der Waals surface area contributed by atoms with E-state index in [1.807, 2.05) is 0 Å². The number of alkyl halides is 5. The lowest BCUT2D eigenvalue weighted by atomic mass is 9.77. The van der Waals surface area contributed by atoms with Crippen LogP contribution < -0.4 is 9.47 Å². The van der Waals surface area contributed by atoms with Crippen LogP contribution in [-0.2, 0) is 6.11 Å². The normalized spacial score (nSPS) is 17.8. The van der Waals surface area contributed by atoms with Crippen molar-refractivity contribution in [1.82, 2.24) is 0 Å². The first-order chi connectivity index (χ1) is 19.8. The predicted molar refractivity (Wildman–Crippen MR) is 138 cm³/mol. The van der Waals surface area contributed by atoms with Crippen molar-refractivity contribution >= 4 is 0 Å². The molecular weight excluding hydrogens is 575 g/mol. The van der Waals surface area contributed by atoms with Gasteiger partial charge in [0.15, 0.2) is 11.6 Å². The molecule has 228 valence electrons. The second-order valence-electron chi connectivity index (χ2n) is 10.5. The molecule has 0 N–H and O–H groups in total. The monoisotopic (exact) mass is 604 g/mol. The van der Waals surface area contributed by atoms with Gasteiger partial charge in [-0.3, -0.25) is 0 Å². The minimum atomic E-state index is -5.39. The Balaban J connectivity index is 1.56. The number of benzene rings is 3. The van der Waals surface area contributed by atoms with Crippen LogP contribution in [0.4, 0.5) is 39.5 Å². The lowest BCUT2D eigenvalue weighted by molar-refractivity contribution is -0.276. The van der Waals surface area contributed by atoms with Gasteiger partial charge in [-0.05, 0) is 79.0 Å². The summed E-state index contributed by atoms with van der Waals surface area (Å²) in [5.74, 6) is -8.63. The van der Waals surface area contributed by atoms with E-state index in [2.05, 4.69) is 11.7 Å². The molecule has 0 saturated heterocycles. The Kier molecular flexibility index (Phi) is 9.67. The Morgan fingerprint density at radius 3 is 1.90 bits per heavy atom. The number of ether oxygens (including phenoxy) is 2. The van der Waals surface area contributed by atoms with E-state index >= 15 is 17.6 Å². The molecule has 4 rings (SSSR count). The second-order valence-corrected chi connectivity index (χ2v) is 10.5. The van der Waals surface area contributed by atoms with Crippen molar-refractivity contribution in [3.05, 3.63) is 82.9 Å². The predicted octanol–water partition coefficient (Wildman–Crippen LogP) is 10.8. The third kappa shape index (κ3) is 7.52. The molecule has 2 nitrogen and oxygen atoms in total. The van der Waals surface area contributed by atoms with Gasteiger partial charge in [0.1, 0.15) is 22.9 Å². The van der Waals surface area contributed by atoms with E-state index < -0.39 is 58.4 Å². The van der Waals surface area contributed by atoms with Crippen molar-refractivity contribution in [2.45, 2.75) is 76.7 Å². The second kappa shape index (κ2) is 12.9. The summed E-state index contributed by atoms with van der Waals surface area (Å²) in [6.45, 7) is 2.12. The first-order valence-electron chi connectivity index (χ1n) is 13.7. The van der Waals surface area contributed by atoms with Gasteiger partial charge in [0.05, 0.1) is 0 Å². The van der Waals surface area contributed by atoms with Crippen molar-refractivity contribution in [3.63, 3.8) is 0 Å². The van der Waals surface area contributed by atoms with Crippen LogP contribution in [0.3, 0.4) is 0 Å².